The molecule has 1 amide bonds. The van der Waals surface area contributed by atoms with Gasteiger partial charge in [0.25, 0.3) is 5.91 Å². The Hall–Kier alpha value is -2.54. The number of carbonyl (C=O) groups is 1. The summed E-state index contributed by atoms with van der Waals surface area (Å²) in [7, 11) is 0. The number of nitrogens with zero attached hydrogens (tertiary/aromatic N) is 3. The highest BCUT2D eigenvalue weighted by Crippen LogP contribution is 2.33. The van der Waals surface area contributed by atoms with Crippen LogP contribution >= 0.6 is 0 Å². The van der Waals surface area contributed by atoms with E-state index < -0.39 is 0 Å². The molecule has 1 fully saturated rings. The average Bonchev–Trinajstić information content (AvgIpc) is 3.25. The fraction of sp³-hybridized carbons (Fsp3) is 0.474. The number of hydrogen-bond donors (Lipinski definition) is 0. The van der Waals surface area contributed by atoms with Crippen molar-refractivity contribution < 1.29 is 19.0 Å². The Balaban J connectivity index is 1.38. The van der Waals surface area contributed by atoms with Crippen molar-refractivity contribution >= 4 is 5.91 Å². The molecule has 1 atom stereocenters. The lowest BCUT2D eigenvalue weighted by Crippen LogP contribution is -2.37. The Morgan fingerprint density at radius 3 is 2.96 bits per heavy atom. The van der Waals surface area contributed by atoms with Gasteiger partial charge in [-0.15, -0.1) is 0 Å². The van der Waals surface area contributed by atoms with Gasteiger partial charge in [0.05, 0.1) is 24.9 Å². The molecule has 2 aliphatic heterocycles. The van der Waals surface area contributed by atoms with E-state index in [1.807, 2.05) is 15.6 Å². The second-order valence-corrected chi connectivity index (χ2v) is 7.16. The van der Waals surface area contributed by atoms with Gasteiger partial charge in [-0.05, 0) is 43.0 Å². The smallest absolute Gasteiger partial charge is 0.254 e. The first-order chi connectivity index (χ1) is 12.8. The van der Waals surface area contributed by atoms with E-state index in [1.165, 1.54) is 12.8 Å². The van der Waals surface area contributed by atoms with Crippen molar-refractivity contribution in [3.05, 3.63) is 41.7 Å². The van der Waals surface area contributed by atoms with Crippen LogP contribution in [0.25, 0.3) is 0 Å². The van der Waals surface area contributed by atoms with E-state index in [9.17, 15) is 4.79 Å². The van der Waals surface area contributed by atoms with Crippen LogP contribution in [0.1, 0.15) is 28.9 Å². The van der Waals surface area contributed by atoms with Gasteiger partial charge >= 0.3 is 0 Å². The molecule has 0 radical (unpaired) electrons. The van der Waals surface area contributed by atoms with E-state index in [-0.39, 0.29) is 18.8 Å². The second kappa shape index (κ2) is 6.32. The summed E-state index contributed by atoms with van der Waals surface area (Å²) in [5.41, 5.74) is 1.62. The highest BCUT2D eigenvalue weighted by atomic mass is 16.7. The molecule has 1 saturated carbocycles. The summed E-state index contributed by atoms with van der Waals surface area (Å²) in [6.45, 7) is 2.74. The van der Waals surface area contributed by atoms with E-state index in [1.54, 1.807) is 24.4 Å². The minimum atomic E-state index is -0.0466. The maximum absolute atomic E-state index is 13.1. The number of amides is 1. The van der Waals surface area contributed by atoms with Gasteiger partial charge in [-0.25, -0.2) is 0 Å². The van der Waals surface area contributed by atoms with Crippen molar-refractivity contribution in [1.82, 2.24) is 14.7 Å². The third-order valence-corrected chi connectivity index (χ3v) is 5.13. The summed E-state index contributed by atoms with van der Waals surface area (Å²) in [6.07, 6.45) is 4.23. The zero-order chi connectivity index (χ0) is 17.5. The molecule has 136 valence electrons. The zero-order valence-corrected chi connectivity index (χ0v) is 14.5. The topological polar surface area (TPSA) is 65.8 Å². The van der Waals surface area contributed by atoms with Crippen molar-refractivity contribution in [2.75, 3.05) is 19.9 Å². The Labute approximate surface area is 151 Å². The molecule has 1 aliphatic carbocycles. The van der Waals surface area contributed by atoms with Crippen LogP contribution < -0.4 is 9.47 Å². The average molecular weight is 355 g/mol. The number of aromatic nitrogens is 2. The summed E-state index contributed by atoms with van der Waals surface area (Å²) in [6, 6.07) is 7.30. The Bertz CT molecular complexity index is 830. The molecule has 0 N–H and O–H groups in total. The molecule has 3 aliphatic rings. The number of rotatable bonds is 4. The largest absolute Gasteiger partial charge is 0.454 e. The van der Waals surface area contributed by atoms with Gasteiger partial charge in [-0.2, -0.15) is 5.10 Å². The fourth-order valence-electron chi connectivity index (χ4n) is 3.44. The molecule has 3 heterocycles. The van der Waals surface area contributed by atoms with E-state index in [2.05, 4.69) is 5.10 Å². The molecule has 0 saturated heterocycles. The molecule has 26 heavy (non-hydrogen) atoms. The first-order valence-corrected chi connectivity index (χ1v) is 9.07. The summed E-state index contributed by atoms with van der Waals surface area (Å²) in [4.78, 5) is 15.0. The first-order valence-electron chi connectivity index (χ1n) is 9.07. The number of benzene rings is 1. The molecule has 0 unspecified atom stereocenters. The van der Waals surface area contributed by atoms with Crippen molar-refractivity contribution in [2.24, 2.45) is 5.92 Å². The molecule has 7 nitrogen and oxygen atoms in total. The highest BCUT2D eigenvalue weighted by molar-refractivity contribution is 5.95. The number of ether oxygens (including phenoxy) is 3. The third-order valence-electron chi connectivity index (χ3n) is 5.13. The van der Waals surface area contributed by atoms with Gasteiger partial charge in [-0.1, -0.05) is 0 Å². The van der Waals surface area contributed by atoms with Gasteiger partial charge < -0.3 is 19.1 Å². The van der Waals surface area contributed by atoms with Crippen LogP contribution in [0.15, 0.2) is 30.5 Å². The maximum atomic E-state index is 13.1. The van der Waals surface area contributed by atoms with Crippen molar-refractivity contribution in [1.29, 1.82) is 0 Å². The molecule has 7 heteroatoms. The minimum absolute atomic E-state index is 0.0297. The highest BCUT2D eigenvalue weighted by Gasteiger charge is 2.29. The molecule has 0 bridgehead atoms. The first kappa shape index (κ1) is 15.7. The van der Waals surface area contributed by atoms with Gasteiger partial charge in [0, 0.05) is 24.9 Å². The molecular weight excluding hydrogens is 334 g/mol. The van der Waals surface area contributed by atoms with Crippen molar-refractivity contribution in [3.8, 4) is 11.5 Å². The van der Waals surface area contributed by atoms with E-state index in [0.717, 1.165) is 12.3 Å². The standard InChI is InChI=1S/C19H21N3O4/c23-19(14-3-4-17-18(7-14)26-12-25-17)21-8-15-5-6-20-22(15)10-16(9-21)24-11-13-1-2-13/h3-7,13,16H,1-2,8-12H2/t16-/m1/s1. The van der Waals surface area contributed by atoms with Crippen molar-refractivity contribution in [2.45, 2.75) is 32.0 Å². The molecule has 2 aromatic rings. The molecule has 0 spiro atoms. The Morgan fingerprint density at radius 2 is 2.08 bits per heavy atom. The van der Waals surface area contributed by atoms with Crippen LogP contribution in [0, 0.1) is 5.92 Å². The van der Waals surface area contributed by atoms with Crippen LogP contribution in [0.3, 0.4) is 0 Å². The van der Waals surface area contributed by atoms with Crippen LogP contribution in [0.5, 0.6) is 11.5 Å². The SMILES string of the molecule is O=C(c1ccc2c(c1)OCO2)N1Cc2ccnn2C[C@H](OCC2CC2)C1. The normalized spacial score (nSPS) is 21.4. The molecule has 5 rings (SSSR count). The number of hydrogen-bond acceptors (Lipinski definition) is 5. The third kappa shape index (κ3) is 3.03. The van der Waals surface area contributed by atoms with Crippen LogP contribution in [0.4, 0.5) is 0 Å². The summed E-state index contributed by atoms with van der Waals surface area (Å²) >= 11 is 0. The Morgan fingerprint density at radius 1 is 1.19 bits per heavy atom. The fourth-order valence-corrected chi connectivity index (χ4v) is 3.44. The lowest BCUT2D eigenvalue weighted by Gasteiger charge is -2.24. The molecule has 1 aromatic heterocycles. The van der Waals surface area contributed by atoms with E-state index >= 15 is 0 Å². The summed E-state index contributed by atoms with van der Waals surface area (Å²) in [5, 5.41) is 4.39. The van der Waals surface area contributed by atoms with E-state index in [4.69, 9.17) is 14.2 Å². The maximum Gasteiger partial charge on any atom is 0.254 e. The monoisotopic (exact) mass is 355 g/mol. The lowest BCUT2D eigenvalue weighted by atomic mass is 10.1. The predicted octanol–water partition coefficient (Wildman–Crippen LogP) is 2.06. The van der Waals surface area contributed by atoms with Gasteiger partial charge in [0.1, 0.15) is 0 Å². The molecule has 1 aromatic carbocycles. The van der Waals surface area contributed by atoms with Gasteiger partial charge in [-0.3, -0.25) is 9.48 Å². The molecular formula is C19H21N3O4. The zero-order valence-electron chi connectivity index (χ0n) is 14.5. The van der Waals surface area contributed by atoms with Crippen molar-refractivity contribution in [3.63, 3.8) is 0 Å². The van der Waals surface area contributed by atoms with Crippen LogP contribution in [-0.2, 0) is 17.8 Å². The summed E-state index contributed by atoms with van der Waals surface area (Å²) < 4.78 is 18.8. The minimum Gasteiger partial charge on any atom is -0.454 e. The Kier molecular flexibility index (Phi) is 3.81. The van der Waals surface area contributed by atoms with Gasteiger partial charge in [0.15, 0.2) is 11.5 Å². The predicted molar refractivity (Wildman–Crippen MR) is 92.0 cm³/mol. The van der Waals surface area contributed by atoms with E-state index in [0.29, 0.717) is 42.6 Å². The van der Waals surface area contributed by atoms with Gasteiger partial charge in [0.2, 0.25) is 6.79 Å². The van der Waals surface area contributed by atoms with Crippen LogP contribution in [0.2, 0.25) is 0 Å². The van der Waals surface area contributed by atoms with Crippen LogP contribution in [-0.4, -0.2) is 46.6 Å². The second-order valence-electron chi connectivity index (χ2n) is 7.16. The number of carbonyl (C=O) groups excluding carboxylic acids is 1. The summed E-state index contributed by atoms with van der Waals surface area (Å²) in [5.74, 6) is 1.96. The lowest BCUT2D eigenvalue weighted by molar-refractivity contribution is 0.0136. The number of fused-ring (bicyclic) bond motifs is 2. The quantitative estimate of drug-likeness (QED) is 0.840.